The van der Waals surface area contributed by atoms with Crippen LogP contribution in [0.5, 0.6) is 5.75 Å². The summed E-state index contributed by atoms with van der Waals surface area (Å²) in [7, 11) is 0. The number of aromatic nitrogens is 3. The lowest BCUT2D eigenvalue weighted by molar-refractivity contribution is 0.102. The Balaban J connectivity index is 1.52. The number of rotatable bonds is 6. The van der Waals surface area contributed by atoms with Gasteiger partial charge in [0.2, 0.25) is 0 Å². The molecule has 7 heteroatoms. The molecule has 0 bridgehead atoms. The van der Waals surface area contributed by atoms with E-state index in [1.165, 1.54) is 0 Å². The highest BCUT2D eigenvalue weighted by molar-refractivity contribution is 6.08. The van der Waals surface area contributed by atoms with Crippen molar-refractivity contribution in [2.24, 2.45) is 0 Å². The van der Waals surface area contributed by atoms with Crippen molar-refractivity contribution in [2.75, 3.05) is 18.4 Å². The normalized spacial score (nSPS) is 15.6. The summed E-state index contributed by atoms with van der Waals surface area (Å²) < 4.78 is 7.38. The van der Waals surface area contributed by atoms with Crippen molar-refractivity contribution in [3.63, 3.8) is 0 Å². The van der Waals surface area contributed by atoms with Crippen LogP contribution < -0.4 is 10.1 Å². The molecule has 0 radical (unpaired) electrons. The molecule has 0 spiro atoms. The van der Waals surface area contributed by atoms with E-state index in [1.807, 2.05) is 37.5 Å². The zero-order chi connectivity index (χ0) is 19.7. The first-order valence-electron chi connectivity index (χ1n) is 9.73. The van der Waals surface area contributed by atoms with Gasteiger partial charge in [0, 0.05) is 36.6 Å². The zero-order valence-corrected chi connectivity index (χ0v) is 16.5. The van der Waals surface area contributed by atoms with Gasteiger partial charge in [-0.3, -0.25) is 9.69 Å². The van der Waals surface area contributed by atoms with Crippen LogP contribution in [0, 0.1) is 0 Å². The molecule has 28 heavy (non-hydrogen) atoms. The van der Waals surface area contributed by atoms with Gasteiger partial charge in [-0.2, -0.15) is 5.10 Å². The molecule has 0 fully saturated rings. The van der Waals surface area contributed by atoms with Crippen LogP contribution >= 0.6 is 0 Å². The lowest BCUT2D eigenvalue weighted by Gasteiger charge is -2.17. The third kappa shape index (κ3) is 3.57. The van der Waals surface area contributed by atoms with Gasteiger partial charge in [-0.05, 0) is 43.8 Å². The Kier molecular flexibility index (Phi) is 5.00. The van der Waals surface area contributed by atoms with Crippen molar-refractivity contribution < 1.29 is 9.53 Å². The number of fused-ring (bicyclic) bond motifs is 2. The quantitative estimate of drug-likeness (QED) is 0.712. The fourth-order valence-electron chi connectivity index (χ4n) is 3.56. The minimum Gasteiger partial charge on any atom is -0.490 e. The molecule has 0 aliphatic carbocycles. The lowest BCUT2D eigenvalue weighted by atomic mass is 10.1. The van der Waals surface area contributed by atoms with Crippen molar-refractivity contribution in [1.82, 2.24) is 19.5 Å². The molecule has 0 saturated heterocycles. The van der Waals surface area contributed by atoms with Gasteiger partial charge < -0.3 is 10.1 Å². The predicted molar refractivity (Wildman–Crippen MR) is 108 cm³/mol. The number of nitrogens with one attached hydrogen (secondary N) is 1. The number of benzene rings is 1. The summed E-state index contributed by atoms with van der Waals surface area (Å²) in [6.07, 6.45) is 6.35. The molecule has 1 atom stereocenters. The summed E-state index contributed by atoms with van der Waals surface area (Å²) in [6.45, 7) is 9.08. The minimum atomic E-state index is -0.217. The van der Waals surface area contributed by atoms with Gasteiger partial charge >= 0.3 is 0 Å². The van der Waals surface area contributed by atoms with E-state index in [9.17, 15) is 4.79 Å². The monoisotopic (exact) mass is 379 g/mol. The number of hydrogen-bond acceptors (Lipinski definition) is 5. The standard InChI is InChI=1S/C21H25N5O2/c1-4-25(5-2)12-15-10-22-20-18(11-23-26(20)13-15)21(27)24-17-6-7-19-16(9-17)8-14(3)28-19/h6-7,9-11,13-14H,4-5,8,12H2,1-3H3,(H,24,27). The molecule has 146 valence electrons. The van der Waals surface area contributed by atoms with Crippen molar-refractivity contribution >= 4 is 17.2 Å². The number of anilines is 1. The van der Waals surface area contributed by atoms with Crippen LogP contribution in [0.4, 0.5) is 5.69 Å². The largest absolute Gasteiger partial charge is 0.490 e. The number of nitrogens with zero attached hydrogens (tertiary/aromatic N) is 4. The Hall–Kier alpha value is -2.93. The summed E-state index contributed by atoms with van der Waals surface area (Å²) >= 11 is 0. The molecule has 0 saturated carbocycles. The van der Waals surface area contributed by atoms with Gasteiger partial charge in [0.25, 0.3) is 5.91 Å². The van der Waals surface area contributed by atoms with E-state index < -0.39 is 0 Å². The molecular weight excluding hydrogens is 354 g/mol. The van der Waals surface area contributed by atoms with Gasteiger partial charge in [-0.1, -0.05) is 13.8 Å². The number of ether oxygens (including phenoxy) is 1. The topological polar surface area (TPSA) is 71.8 Å². The highest BCUT2D eigenvalue weighted by Gasteiger charge is 2.20. The second-order valence-electron chi connectivity index (χ2n) is 7.16. The Morgan fingerprint density at radius 1 is 1.32 bits per heavy atom. The Bertz CT molecular complexity index is 1010. The summed E-state index contributed by atoms with van der Waals surface area (Å²) in [6, 6.07) is 5.73. The van der Waals surface area contributed by atoms with Crippen molar-refractivity contribution in [3.8, 4) is 5.75 Å². The highest BCUT2D eigenvalue weighted by atomic mass is 16.5. The van der Waals surface area contributed by atoms with E-state index in [0.29, 0.717) is 11.2 Å². The van der Waals surface area contributed by atoms with Crippen LogP contribution in [0.1, 0.15) is 42.3 Å². The Morgan fingerprint density at radius 2 is 2.14 bits per heavy atom. The third-order valence-electron chi connectivity index (χ3n) is 5.11. The van der Waals surface area contributed by atoms with Gasteiger partial charge in [-0.15, -0.1) is 0 Å². The summed E-state index contributed by atoms with van der Waals surface area (Å²) in [5, 5.41) is 7.27. The summed E-state index contributed by atoms with van der Waals surface area (Å²) in [5.41, 5.74) is 3.95. The molecule has 2 aromatic heterocycles. The van der Waals surface area contributed by atoms with Crippen LogP contribution in [0.15, 0.2) is 36.8 Å². The number of amides is 1. The van der Waals surface area contributed by atoms with E-state index in [1.54, 1.807) is 10.7 Å². The van der Waals surface area contributed by atoms with Crippen LogP contribution in [-0.4, -0.2) is 44.6 Å². The molecule has 1 N–H and O–H groups in total. The summed E-state index contributed by atoms with van der Waals surface area (Å²) in [4.78, 5) is 19.6. The first-order valence-corrected chi connectivity index (χ1v) is 9.73. The second-order valence-corrected chi connectivity index (χ2v) is 7.16. The van der Waals surface area contributed by atoms with E-state index in [2.05, 4.69) is 34.1 Å². The molecule has 1 amide bonds. The van der Waals surface area contributed by atoms with Gasteiger partial charge in [0.15, 0.2) is 5.65 Å². The Morgan fingerprint density at radius 3 is 2.93 bits per heavy atom. The molecule has 1 aliphatic rings. The fraction of sp³-hybridized carbons (Fsp3) is 0.381. The maximum absolute atomic E-state index is 12.8. The SMILES string of the molecule is CCN(CC)Cc1cnc2c(C(=O)Nc3ccc4c(c3)CC(C)O4)cnn2c1. The molecular formula is C21H25N5O2. The molecule has 4 rings (SSSR count). The van der Waals surface area contributed by atoms with E-state index in [-0.39, 0.29) is 12.0 Å². The maximum Gasteiger partial charge on any atom is 0.261 e. The number of hydrogen-bond donors (Lipinski definition) is 1. The smallest absolute Gasteiger partial charge is 0.261 e. The average molecular weight is 379 g/mol. The average Bonchev–Trinajstić information content (AvgIpc) is 3.27. The number of carbonyl (C=O) groups excluding carboxylic acids is 1. The van der Waals surface area contributed by atoms with Crippen molar-refractivity contribution in [3.05, 3.63) is 53.5 Å². The molecule has 1 aliphatic heterocycles. The summed E-state index contributed by atoms with van der Waals surface area (Å²) in [5.74, 6) is 0.676. The van der Waals surface area contributed by atoms with Crippen LogP contribution in [0.25, 0.3) is 5.65 Å². The first kappa shape index (κ1) is 18.4. The molecule has 7 nitrogen and oxygen atoms in total. The Labute approximate surface area is 164 Å². The van der Waals surface area contributed by atoms with Crippen LogP contribution in [-0.2, 0) is 13.0 Å². The molecule has 1 aromatic carbocycles. The highest BCUT2D eigenvalue weighted by Crippen LogP contribution is 2.31. The molecule has 3 heterocycles. The van der Waals surface area contributed by atoms with Crippen LogP contribution in [0.3, 0.4) is 0 Å². The van der Waals surface area contributed by atoms with Gasteiger partial charge in [0.05, 0.1) is 6.20 Å². The van der Waals surface area contributed by atoms with Crippen LogP contribution in [0.2, 0.25) is 0 Å². The van der Waals surface area contributed by atoms with E-state index in [4.69, 9.17) is 4.74 Å². The first-order chi connectivity index (χ1) is 13.6. The molecule has 1 unspecified atom stereocenters. The van der Waals surface area contributed by atoms with Crippen molar-refractivity contribution in [1.29, 1.82) is 0 Å². The van der Waals surface area contributed by atoms with Gasteiger partial charge in [0.1, 0.15) is 17.4 Å². The second kappa shape index (κ2) is 7.59. The lowest BCUT2D eigenvalue weighted by Crippen LogP contribution is -2.22. The zero-order valence-electron chi connectivity index (χ0n) is 16.5. The van der Waals surface area contributed by atoms with Crippen molar-refractivity contribution in [2.45, 2.75) is 39.8 Å². The third-order valence-corrected chi connectivity index (χ3v) is 5.11. The van der Waals surface area contributed by atoms with Gasteiger partial charge in [-0.25, -0.2) is 9.50 Å². The predicted octanol–water partition coefficient (Wildman–Crippen LogP) is 3.15. The fourth-order valence-corrected chi connectivity index (χ4v) is 3.56. The molecule has 3 aromatic rings. The number of carbonyl (C=O) groups is 1. The minimum absolute atomic E-state index is 0.176. The van der Waals surface area contributed by atoms with E-state index >= 15 is 0 Å². The maximum atomic E-state index is 12.8. The van der Waals surface area contributed by atoms with E-state index in [0.717, 1.165) is 48.6 Å².